The molecule has 3 N–H and O–H groups in total. The van der Waals surface area contributed by atoms with Gasteiger partial charge in [-0.3, -0.25) is 4.79 Å². The van der Waals surface area contributed by atoms with Gasteiger partial charge in [-0.1, -0.05) is 17.7 Å². The second-order valence-corrected chi connectivity index (χ2v) is 6.43. The molecule has 8 nitrogen and oxygen atoms in total. The van der Waals surface area contributed by atoms with E-state index in [0.717, 1.165) is 17.7 Å². The number of anilines is 2. The second kappa shape index (κ2) is 8.54. The number of hydrogen-bond donors (Lipinski definition) is 2. The zero-order chi connectivity index (χ0) is 17.9. The number of nitrogen functional groups attached to an aromatic ring is 1. The van der Waals surface area contributed by atoms with E-state index >= 15 is 0 Å². The fourth-order valence-corrected chi connectivity index (χ4v) is 2.50. The first kappa shape index (κ1) is 21.3. The van der Waals surface area contributed by atoms with Crippen LogP contribution in [0.25, 0.3) is 0 Å². The van der Waals surface area contributed by atoms with Gasteiger partial charge in [0.25, 0.3) is 0 Å². The Balaban J connectivity index is 0.00000312. The number of aryl methyl sites for hydroxylation is 1. The Hall–Kier alpha value is -1.78. The van der Waals surface area contributed by atoms with Gasteiger partial charge >= 0.3 is 29.6 Å². The van der Waals surface area contributed by atoms with Crippen molar-refractivity contribution in [2.45, 2.75) is 18.7 Å². The first-order valence-electron chi connectivity index (χ1n) is 6.82. The molecule has 10 heteroatoms. The maximum atomic E-state index is 11.3. The molecule has 0 aromatic heterocycles. The third kappa shape index (κ3) is 5.91. The third-order valence-corrected chi connectivity index (χ3v) is 3.91. The molecule has 126 valence electrons. The Morgan fingerprint density at radius 2 is 1.76 bits per heavy atom. The van der Waals surface area contributed by atoms with Crippen LogP contribution in [0.1, 0.15) is 12.5 Å². The summed E-state index contributed by atoms with van der Waals surface area (Å²) in [6.45, 7) is 3.19. The molecule has 0 saturated heterocycles. The van der Waals surface area contributed by atoms with Crippen molar-refractivity contribution in [3.8, 4) is 0 Å². The molecule has 2 rings (SSSR count). The smallest absolute Gasteiger partial charge is 0.744 e. The standard InChI is InChI=1S/C15H16N4O4S.Na/c1-9-3-5-11(6-4-9)18-19-14-8-15(24(21,22)23)12(16)7-13(14)17-10(2)20;/h3-8H,16H2,1-2H3,(H,17,20)(H,21,22,23);/q;+1/p-1. The van der Waals surface area contributed by atoms with E-state index in [0.29, 0.717) is 5.69 Å². The number of carbonyl (C=O) groups excluding carboxylic acids is 1. The number of rotatable bonds is 4. The summed E-state index contributed by atoms with van der Waals surface area (Å²) in [7, 11) is -4.78. The summed E-state index contributed by atoms with van der Waals surface area (Å²) in [5.41, 5.74) is 7.03. The first-order valence-corrected chi connectivity index (χ1v) is 8.23. The number of nitrogens with zero attached hydrogens (tertiary/aromatic N) is 2. The number of carbonyl (C=O) groups is 1. The summed E-state index contributed by atoms with van der Waals surface area (Å²) in [5, 5.41) is 10.4. The number of nitrogens with two attached hydrogens (primary N) is 1. The van der Waals surface area contributed by atoms with Crippen molar-refractivity contribution in [3.05, 3.63) is 42.0 Å². The molecule has 25 heavy (non-hydrogen) atoms. The molecule has 0 fully saturated rings. The van der Waals surface area contributed by atoms with Crippen molar-refractivity contribution in [3.63, 3.8) is 0 Å². The molecule has 0 aliphatic heterocycles. The molecule has 1 amide bonds. The number of azo groups is 1. The second-order valence-electron chi connectivity index (χ2n) is 5.08. The van der Waals surface area contributed by atoms with E-state index in [1.807, 2.05) is 19.1 Å². The summed E-state index contributed by atoms with van der Waals surface area (Å²) in [6.07, 6.45) is 0. The van der Waals surface area contributed by atoms with Crippen molar-refractivity contribution in [1.29, 1.82) is 0 Å². The molecule has 0 atom stereocenters. The van der Waals surface area contributed by atoms with Crippen LogP contribution < -0.4 is 40.6 Å². The Kier molecular flexibility index (Phi) is 7.27. The quantitative estimate of drug-likeness (QED) is 0.334. The van der Waals surface area contributed by atoms with Gasteiger partial charge < -0.3 is 15.6 Å². The number of nitrogens with one attached hydrogen (secondary N) is 1. The van der Waals surface area contributed by atoms with Gasteiger partial charge in [0.2, 0.25) is 5.91 Å². The zero-order valence-electron chi connectivity index (χ0n) is 14.0. The average molecular weight is 370 g/mol. The molecule has 0 saturated carbocycles. The van der Waals surface area contributed by atoms with Crippen LogP contribution in [-0.2, 0) is 14.9 Å². The minimum absolute atomic E-state index is 0. The number of benzene rings is 2. The van der Waals surface area contributed by atoms with Crippen LogP contribution in [0, 0.1) is 6.92 Å². The molecule has 0 unspecified atom stereocenters. The molecule has 0 spiro atoms. The van der Waals surface area contributed by atoms with Crippen molar-refractivity contribution < 1.29 is 47.3 Å². The average Bonchev–Trinajstić information content (AvgIpc) is 2.46. The summed E-state index contributed by atoms with van der Waals surface area (Å²) >= 11 is 0. The molecule has 2 aromatic carbocycles. The Labute approximate surface area is 167 Å². The van der Waals surface area contributed by atoms with Gasteiger partial charge in [-0.25, -0.2) is 8.42 Å². The maximum absolute atomic E-state index is 11.3. The van der Waals surface area contributed by atoms with E-state index in [-0.39, 0.29) is 46.6 Å². The molecule has 0 bridgehead atoms. The van der Waals surface area contributed by atoms with Crippen LogP contribution in [0.5, 0.6) is 0 Å². The van der Waals surface area contributed by atoms with Gasteiger partial charge in [0, 0.05) is 6.92 Å². The molecule has 0 aliphatic carbocycles. The van der Waals surface area contributed by atoms with Crippen molar-refractivity contribution in [2.75, 3.05) is 11.1 Å². The summed E-state index contributed by atoms with van der Waals surface area (Å²) in [6, 6.07) is 9.26. The van der Waals surface area contributed by atoms with Gasteiger partial charge in [0.15, 0.2) is 0 Å². The van der Waals surface area contributed by atoms with E-state index < -0.39 is 20.9 Å². The van der Waals surface area contributed by atoms with Crippen LogP contribution >= 0.6 is 0 Å². The van der Waals surface area contributed by atoms with Crippen LogP contribution in [0.4, 0.5) is 22.7 Å². The third-order valence-electron chi connectivity index (χ3n) is 3.02. The normalized spacial score (nSPS) is 11.2. The predicted octanol–water partition coefficient (Wildman–Crippen LogP) is -0.141. The van der Waals surface area contributed by atoms with E-state index in [1.165, 1.54) is 6.92 Å². The summed E-state index contributed by atoms with van der Waals surface area (Å²) in [4.78, 5) is 10.6. The van der Waals surface area contributed by atoms with Crippen molar-refractivity contribution in [1.82, 2.24) is 0 Å². The minimum Gasteiger partial charge on any atom is -0.744 e. The van der Waals surface area contributed by atoms with Gasteiger partial charge in [0.05, 0.1) is 22.0 Å². The summed E-state index contributed by atoms with van der Waals surface area (Å²) < 4.78 is 33.8. The van der Waals surface area contributed by atoms with Crippen LogP contribution in [-0.4, -0.2) is 18.9 Å². The maximum Gasteiger partial charge on any atom is 1.00 e. The Bertz CT molecular complexity index is 912. The largest absolute Gasteiger partial charge is 1.00 e. The number of hydrogen-bond acceptors (Lipinski definition) is 7. The first-order chi connectivity index (χ1) is 11.2. The molecule has 0 heterocycles. The van der Waals surface area contributed by atoms with Gasteiger partial charge in [0.1, 0.15) is 15.8 Å². The van der Waals surface area contributed by atoms with E-state index in [4.69, 9.17) is 5.73 Å². The molecule has 0 radical (unpaired) electrons. The molecule has 0 aliphatic rings. The van der Waals surface area contributed by atoms with E-state index in [2.05, 4.69) is 15.5 Å². The topological polar surface area (TPSA) is 137 Å². The molecular formula is C15H15N4NaO4S. The number of amides is 1. The zero-order valence-corrected chi connectivity index (χ0v) is 16.8. The monoisotopic (exact) mass is 370 g/mol. The summed E-state index contributed by atoms with van der Waals surface area (Å²) in [5.74, 6) is -0.404. The van der Waals surface area contributed by atoms with Crippen molar-refractivity contribution in [2.24, 2.45) is 10.2 Å². The molecular weight excluding hydrogens is 355 g/mol. The molecule has 2 aromatic rings. The van der Waals surface area contributed by atoms with Crippen LogP contribution in [0.3, 0.4) is 0 Å². The Morgan fingerprint density at radius 3 is 2.28 bits per heavy atom. The van der Waals surface area contributed by atoms with Gasteiger partial charge in [-0.05, 0) is 31.2 Å². The predicted molar refractivity (Wildman–Crippen MR) is 88.5 cm³/mol. The fourth-order valence-electron chi connectivity index (χ4n) is 1.90. The minimum atomic E-state index is -4.78. The fraction of sp³-hybridized carbons (Fsp3) is 0.133. The SMILES string of the molecule is CC(=O)Nc1cc(N)c(S(=O)(=O)[O-])cc1N=Nc1ccc(C)cc1.[Na+]. The van der Waals surface area contributed by atoms with Crippen LogP contribution in [0.15, 0.2) is 51.5 Å². The van der Waals surface area contributed by atoms with Gasteiger partial charge in [-0.2, -0.15) is 5.11 Å². The van der Waals surface area contributed by atoms with E-state index in [1.54, 1.807) is 12.1 Å². The van der Waals surface area contributed by atoms with E-state index in [9.17, 15) is 17.8 Å². The van der Waals surface area contributed by atoms with Crippen molar-refractivity contribution >= 4 is 38.8 Å². The Morgan fingerprint density at radius 1 is 1.16 bits per heavy atom. The van der Waals surface area contributed by atoms with Crippen LogP contribution in [0.2, 0.25) is 0 Å². The van der Waals surface area contributed by atoms with Gasteiger partial charge in [-0.15, -0.1) is 5.11 Å².